The predicted octanol–water partition coefficient (Wildman–Crippen LogP) is 2.75. The summed E-state index contributed by atoms with van der Waals surface area (Å²) in [4.78, 5) is 11.5. The van der Waals surface area contributed by atoms with E-state index in [4.69, 9.17) is 4.74 Å². The van der Waals surface area contributed by atoms with E-state index in [0.29, 0.717) is 6.61 Å². The fourth-order valence-corrected chi connectivity index (χ4v) is 2.01. The molecule has 1 aromatic carbocycles. The fourth-order valence-electron chi connectivity index (χ4n) is 2.01. The largest absolute Gasteiger partial charge is 0.463 e. The first-order valence-corrected chi connectivity index (χ1v) is 6.19. The molecule has 1 heterocycles. The molecule has 0 amide bonds. The Bertz CT molecular complexity index is 469. The number of para-hydroxylation sites is 2. The van der Waals surface area contributed by atoms with Gasteiger partial charge in [0.25, 0.3) is 0 Å². The molecule has 1 aromatic rings. The Hall–Kier alpha value is -1.97. The summed E-state index contributed by atoms with van der Waals surface area (Å²) >= 11 is 0. The van der Waals surface area contributed by atoms with E-state index in [1.54, 1.807) is 6.92 Å². The van der Waals surface area contributed by atoms with Crippen LogP contribution in [0.3, 0.4) is 0 Å². The van der Waals surface area contributed by atoms with Crippen LogP contribution in [0, 0.1) is 0 Å². The molecule has 96 valence electrons. The van der Waals surface area contributed by atoms with Gasteiger partial charge in [0.15, 0.2) is 0 Å². The van der Waals surface area contributed by atoms with Gasteiger partial charge in [0.05, 0.1) is 18.0 Å². The molecule has 4 nitrogen and oxygen atoms in total. The minimum Gasteiger partial charge on any atom is -0.463 e. The Labute approximate surface area is 107 Å². The maximum atomic E-state index is 11.5. The van der Waals surface area contributed by atoms with Crippen LogP contribution in [0.1, 0.15) is 20.3 Å². The smallest absolute Gasteiger partial charge is 0.332 e. The highest BCUT2D eigenvalue weighted by atomic mass is 16.5. The zero-order chi connectivity index (χ0) is 13.0. The van der Waals surface area contributed by atoms with Gasteiger partial charge in [0.1, 0.15) is 0 Å². The summed E-state index contributed by atoms with van der Waals surface area (Å²) in [6.45, 7) is 4.28. The van der Waals surface area contributed by atoms with E-state index in [-0.39, 0.29) is 12.0 Å². The standard InChI is InChI=1S/C14H18N2O2/c1-3-18-14(17)9-11-8-10(2)15-12-6-4-5-7-13(12)16-11/h4-7,9-10,15-16H,3,8H2,1-2H3/b11-9-. The van der Waals surface area contributed by atoms with Crippen LogP contribution in [0.2, 0.25) is 0 Å². The number of carbonyl (C=O) groups excluding carboxylic acids is 1. The number of esters is 1. The lowest BCUT2D eigenvalue weighted by Crippen LogP contribution is -2.15. The van der Waals surface area contributed by atoms with Crippen molar-refractivity contribution >= 4 is 17.3 Å². The molecule has 0 aliphatic carbocycles. The first kappa shape index (κ1) is 12.5. The molecule has 1 aliphatic heterocycles. The van der Waals surface area contributed by atoms with Crippen LogP contribution >= 0.6 is 0 Å². The number of rotatable bonds is 2. The van der Waals surface area contributed by atoms with Crippen molar-refractivity contribution < 1.29 is 9.53 Å². The van der Waals surface area contributed by atoms with Crippen LogP contribution in [-0.2, 0) is 9.53 Å². The van der Waals surface area contributed by atoms with Crippen LogP contribution in [0.15, 0.2) is 36.0 Å². The van der Waals surface area contributed by atoms with Gasteiger partial charge in [-0.05, 0) is 26.0 Å². The van der Waals surface area contributed by atoms with Crippen molar-refractivity contribution in [1.29, 1.82) is 0 Å². The minimum absolute atomic E-state index is 0.266. The second-order valence-corrected chi connectivity index (χ2v) is 4.34. The van der Waals surface area contributed by atoms with Gasteiger partial charge < -0.3 is 15.4 Å². The van der Waals surface area contributed by atoms with Crippen molar-refractivity contribution in [2.24, 2.45) is 0 Å². The molecule has 1 atom stereocenters. The Balaban J connectivity index is 2.22. The molecular formula is C14H18N2O2. The number of hydrogen-bond acceptors (Lipinski definition) is 4. The number of benzene rings is 1. The second-order valence-electron chi connectivity index (χ2n) is 4.34. The summed E-state index contributed by atoms with van der Waals surface area (Å²) in [5, 5.41) is 6.68. The predicted molar refractivity (Wildman–Crippen MR) is 72.5 cm³/mol. The van der Waals surface area contributed by atoms with Crippen LogP contribution in [0.4, 0.5) is 11.4 Å². The Morgan fingerprint density at radius 1 is 1.44 bits per heavy atom. The third-order valence-electron chi connectivity index (χ3n) is 2.73. The molecule has 0 aromatic heterocycles. The molecule has 2 N–H and O–H groups in total. The zero-order valence-electron chi connectivity index (χ0n) is 10.7. The van der Waals surface area contributed by atoms with Crippen LogP contribution in [0.5, 0.6) is 0 Å². The van der Waals surface area contributed by atoms with Crippen molar-refractivity contribution in [1.82, 2.24) is 0 Å². The third kappa shape index (κ3) is 3.03. The van der Waals surface area contributed by atoms with E-state index >= 15 is 0 Å². The summed E-state index contributed by atoms with van der Waals surface area (Å²) in [6.07, 6.45) is 2.29. The van der Waals surface area contributed by atoms with Gasteiger partial charge >= 0.3 is 5.97 Å². The van der Waals surface area contributed by atoms with Crippen molar-refractivity contribution in [3.63, 3.8) is 0 Å². The van der Waals surface area contributed by atoms with Crippen LogP contribution in [-0.4, -0.2) is 18.6 Å². The van der Waals surface area contributed by atoms with E-state index in [1.807, 2.05) is 24.3 Å². The van der Waals surface area contributed by atoms with Gasteiger partial charge in [-0.1, -0.05) is 12.1 Å². The minimum atomic E-state index is -0.299. The number of carbonyl (C=O) groups is 1. The molecule has 0 fully saturated rings. The maximum Gasteiger partial charge on any atom is 0.332 e. The number of nitrogens with one attached hydrogen (secondary N) is 2. The summed E-state index contributed by atoms with van der Waals surface area (Å²) in [5.74, 6) is -0.299. The van der Waals surface area contributed by atoms with Crippen molar-refractivity contribution in [3.8, 4) is 0 Å². The number of hydrogen-bond donors (Lipinski definition) is 2. The molecule has 0 saturated carbocycles. The number of ether oxygens (including phenoxy) is 1. The topological polar surface area (TPSA) is 50.4 Å². The maximum absolute atomic E-state index is 11.5. The number of fused-ring (bicyclic) bond motifs is 1. The van der Waals surface area contributed by atoms with E-state index in [0.717, 1.165) is 23.5 Å². The van der Waals surface area contributed by atoms with Gasteiger partial charge in [-0.2, -0.15) is 0 Å². The summed E-state index contributed by atoms with van der Waals surface area (Å²) in [5.41, 5.74) is 2.91. The molecular weight excluding hydrogens is 228 g/mol. The summed E-state index contributed by atoms with van der Waals surface area (Å²) in [6, 6.07) is 8.22. The first-order valence-electron chi connectivity index (χ1n) is 6.19. The number of anilines is 2. The Kier molecular flexibility index (Phi) is 3.87. The molecule has 18 heavy (non-hydrogen) atoms. The lowest BCUT2D eigenvalue weighted by atomic mass is 10.2. The zero-order valence-corrected chi connectivity index (χ0v) is 10.7. The molecule has 1 aliphatic rings. The third-order valence-corrected chi connectivity index (χ3v) is 2.73. The van der Waals surface area contributed by atoms with Gasteiger partial charge in [0, 0.05) is 24.2 Å². The quantitative estimate of drug-likeness (QED) is 0.622. The normalized spacial score (nSPS) is 20.3. The fraction of sp³-hybridized carbons (Fsp3) is 0.357. The molecule has 2 rings (SSSR count). The lowest BCUT2D eigenvalue weighted by molar-refractivity contribution is -0.137. The van der Waals surface area contributed by atoms with Crippen molar-refractivity contribution in [2.75, 3.05) is 17.2 Å². The summed E-state index contributed by atoms with van der Waals surface area (Å²) in [7, 11) is 0. The van der Waals surface area contributed by atoms with Crippen molar-refractivity contribution in [2.45, 2.75) is 26.3 Å². The monoisotopic (exact) mass is 246 g/mol. The van der Waals surface area contributed by atoms with Gasteiger partial charge in [-0.15, -0.1) is 0 Å². The SMILES string of the molecule is CCOC(=O)/C=C1/CC(C)Nc2ccccc2N1. The van der Waals surface area contributed by atoms with Crippen LogP contribution in [0.25, 0.3) is 0 Å². The van der Waals surface area contributed by atoms with Gasteiger partial charge in [-0.25, -0.2) is 4.79 Å². The molecule has 4 heteroatoms. The first-order chi connectivity index (χ1) is 8.69. The molecule has 0 radical (unpaired) electrons. The van der Waals surface area contributed by atoms with E-state index < -0.39 is 0 Å². The molecule has 0 spiro atoms. The Morgan fingerprint density at radius 3 is 2.89 bits per heavy atom. The molecule has 1 unspecified atom stereocenters. The molecule has 0 bridgehead atoms. The van der Waals surface area contributed by atoms with Gasteiger partial charge in [0.2, 0.25) is 0 Å². The average Bonchev–Trinajstić information content (AvgIpc) is 2.46. The van der Waals surface area contributed by atoms with E-state index in [9.17, 15) is 4.79 Å². The van der Waals surface area contributed by atoms with E-state index in [2.05, 4.69) is 17.6 Å². The van der Waals surface area contributed by atoms with Gasteiger partial charge in [-0.3, -0.25) is 0 Å². The second kappa shape index (κ2) is 5.58. The average molecular weight is 246 g/mol. The highest BCUT2D eigenvalue weighted by Gasteiger charge is 2.15. The van der Waals surface area contributed by atoms with Crippen molar-refractivity contribution in [3.05, 3.63) is 36.0 Å². The van der Waals surface area contributed by atoms with Crippen LogP contribution < -0.4 is 10.6 Å². The highest BCUT2D eigenvalue weighted by molar-refractivity contribution is 5.84. The Morgan fingerprint density at radius 2 is 2.17 bits per heavy atom. The lowest BCUT2D eigenvalue weighted by Gasteiger charge is -2.11. The van der Waals surface area contributed by atoms with E-state index in [1.165, 1.54) is 6.08 Å². The highest BCUT2D eigenvalue weighted by Crippen LogP contribution is 2.28. The molecule has 0 saturated heterocycles. The summed E-state index contributed by atoms with van der Waals surface area (Å²) < 4.78 is 4.93.